The van der Waals surface area contributed by atoms with Crippen molar-refractivity contribution in [1.29, 1.82) is 0 Å². The molecule has 4 rings (SSSR count). The van der Waals surface area contributed by atoms with Gasteiger partial charge in [0.2, 0.25) is 0 Å². The topological polar surface area (TPSA) is 12.0 Å². The Morgan fingerprint density at radius 3 is 2.57 bits per heavy atom. The van der Waals surface area contributed by atoms with Crippen molar-refractivity contribution < 1.29 is 0 Å². The Balaban J connectivity index is 1.38. The van der Waals surface area contributed by atoms with Crippen LogP contribution >= 0.6 is 0 Å². The summed E-state index contributed by atoms with van der Waals surface area (Å²) in [5.74, 6) is 2.25. The second-order valence-corrected chi connectivity index (χ2v) is 6.34. The van der Waals surface area contributed by atoms with E-state index in [9.17, 15) is 0 Å². The van der Waals surface area contributed by atoms with Gasteiger partial charge in [-0.1, -0.05) is 12.8 Å². The van der Waals surface area contributed by atoms with E-state index in [2.05, 4.69) is 5.32 Å². The molecule has 1 spiro atoms. The first-order valence-electron chi connectivity index (χ1n) is 6.63. The van der Waals surface area contributed by atoms with E-state index in [1.165, 1.54) is 44.9 Å². The molecular weight excluding hydrogens is 170 g/mol. The normalized spacial score (nSPS) is 52.3. The second-order valence-electron chi connectivity index (χ2n) is 6.34. The van der Waals surface area contributed by atoms with Crippen LogP contribution in [0.25, 0.3) is 0 Å². The highest BCUT2D eigenvalue weighted by Gasteiger charge is 2.57. The van der Waals surface area contributed by atoms with E-state index in [1.807, 2.05) is 0 Å². The maximum Gasteiger partial charge on any atom is 0.0133 e. The summed E-state index contributed by atoms with van der Waals surface area (Å²) in [6.07, 6.45) is 12.2. The zero-order valence-corrected chi connectivity index (χ0v) is 8.97. The van der Waals surface area contributed by atoms with Crippen LogP contribution in [0.15, 0.2) is 0 Å². The lowest BCUT2D eigenvalue weighted by atomic mass is 10.0. The smallest absolute Gasteiger partial charge is 0.0133 e. The Bertz CT molecular complexity index is 254. The summed E-state index contributed by atoms with van der Waals surface area (Å²) >= 11 is 0. The van der Waals surface area contributed by atoms with Crippen molar-refractivity contribution in [3.8, 4) is 0 Å². The molecular formula is C13H21N. The third-order valence-corrected chi connectivity index (χ3v) is 5.55. The molecule has 0 saturated heterocycles. The maximum absolute atomic E-state index is 3.98. The minimum absolute atomic E-state index is 0.812. The van der Waals surface area contributed by atoms with Crippen LogP contribution in [-0.2, 0) is 0 Å². The molecule has 0 aliphatic heterocycles. The Kier molecular flexibility index (Phi) is 1.49. The summed E-state index contributed by atoms with van der Waals surface area (Å²) in [5.41, 5.74) is 0.812. The molecule has 4 saturated carbocycles. The van der Waals surface area contributed by atoms with E-state index >= 15 is 0 Å². The van der Waals surface area contributed by atoms with Gasteiger partial charge in [-0.2, -0.15) is 0 Å². The Hall–Kier alpha value is -0.0400. The molecule has 1 nitrogen and oxygen atoms in total. The molecule has 2 unspecified atom stereocenters. The molecule has 4 fully saturated rings. The van der Waals surface area contributed by atoms with Gasteiger partial charge in [-0.15, -0.1) is 0 Å². The highest BCUT2D eigenvalue weighted by atomic mass is 15.1. The van der Waals surface area contributed by atoms with E-state index in [0.717, 1.165) is 29.3 Å². The van der Waals surface area contributed by atoms with Gasteiger partial charge < -0.3 is 5.32 Å². The lowest BCUT2D eigenvalue weighted by molar-refractivity contribution is 0.405. The molecule has 0 aromatic rings. The van der Waals surface area contributed by atoms with Crippen molar-refractivity contribution in [3.05, 3.63) is 0 Å². The molecule has 14 heavy (non-hydrogen) atoms. The Morgan fingerprint density at radius 1 is 1.07 bits per heavy atom. The van der Waals surface area contributed by atoms with E-state index in [-0.39, 0.29) is 0 Å². The molecule has 0 heterocycles. The van der Waals surface area contributed by atoms with Crippen LogP contribution in [0.3, 0.4) is 0 Å². The number of hydrogen-bond acceptors (Lipinski definition) is 1. The van der Waals surface area contributed by atoms with Gasteiger partial charge in [-0.3, -0.25) is 0 Å². The third kappa shape index (κ3) is 1.05. The predicted molar refractivity (Wildman–Crippen MR) is 57.1 cm³/mol. The first-order chi connectivity index (χ1) is 6.87. The minimum Gasteiger partial charge on any atom is -0.310 e. The fourth-order valence-corrected chi connectivity index (χ4v) is 4.38. The number of fused-ring (bicyclic) bond motifs is 1. The van der Waals surface area contributed by atoms with Crippen molar-refractivity contribution in [1.82, 2.24) is 5.32 Å². The zero-order valence-electron chi connectivity index (χ0n) is 8.97. The summed E-state index contributed by atoms with van der Waals surface area (Å²) < 4.78 is 0. The monoisotopic (exact) mass is 191 g/mol. The average Bonchev–Trinajstić information content (AvgIpc) is 2.95. The van der Waals surface area contributed by atoms with Crippen molar-refractivity contribution in [2.24, 2.45) is 17.3 Å². The summed E-state index contributed by atoms with van der Waals surface area (Å²) in [7, 11) is 0. The fourth-order valence-electron chi connectivity index (χ4n) is 4.38. The van der Waals surface area contributed by atoms with Crippen LogP contribution in [0.5, 0.6) is 0 Å². The molecule has 1 heteroatoms. The van der Waals surface area contributed by atoms with Gasteiger partial charge in [-0.25, -0.2) is 0 Å². The van der Waals surface area contributed by atoms with Gasteiger partial charge in [0.25, 0.3) is 0 Å². The van der Waals surface area contributed by atoms with Crippen LogP contribution in [0.4, 0.5) is 0 Å². The molecule has 0 aromatic carbocycles. The van der Waals surface area contributed by atoms with Crippen LogP contribution in [0, 0.1) is 17.3 Å². The van der Waals surface area contributed by atoms with Gasteiger partial charge in [0.15, 0.2) is 0 Å². The van der Waals surface area contributed by atoms with Gasteiger partial charge >= 0.3 is 0 Å². The Labute approximate surface area is 86.6 Å². The van der Waals surface area contributed by atoms with Gasteiger partial charge in [0.1, 0.15) is 0 Å². The SMILES string of the molecule is C1CCC2(C1)CC2NC1CC[C@@H]2C[C@H]12. The Morgan fingerprint density at radius 2 is 1.93 bits per heavy atom. The summed E-state index contributed by atoms with van der Waals surface area (Å²) in [6.45, 7) is 0. The lowest BCUT2D eigenvalue weighted by Gasteiger charge is -2.16. The van der Waals surface area contributed by atoms with Crippen LogP contribution in [-0.4, -0.2) is 12.1 Å². The molecule has 0 aromatic heterocycles. The molecule has 0 radical (unpaired) electrons. The average molecular weight is 191 g/mol. The van der Waals surface area contributed by atoms with E-state index in [0.29, 0.717) is 0 Å². The third-order valence-electron chi connectivity index (χ3n) is 5.55. The van der Waals surface area contributed by atoms with Crippen molar-refractivity contribution in [2.75, 3.05) is 0 Å². The zero-order chi connectivity index (χ0) is 9.17. The molecule has 4 aliphatic carbocycles. The highest BCUT2D eigenvalue weighted by molar-refractivity contribution is 5.13. The van der Waals surface area contributed by atoms with E-state index < -0.39 is 0 Å². The number of rotatable bonds is 2. The van der Waals surface area contributed by atoms with Crippen LogP contribution in [0.2, 0.25) is 0 Å². The van der Waals surface area contributed by atoms with Crippen molar-refractivity contribution in [3.63, 3.8) is 0 Å². The first kappa shape index (κ1) is 8.15. The van der Waals surface area contributed by atoms with E-state index in [1.54, 1.807) is 6.42 Å². The van der Waals surface area contributed by atoms with Crippen molar-refractivity contribution >= 4 is 0 Å². The van der Waals surface area contributed by atoms with Crippen LogP contribution in [0.1, 0.15) is 51.4 Å². The summed E-state index contributed by atoms with van der Waals surface area (Å²) in [4.78, 5) is 0. The largest absolute Gasteiger partial charge is 0.310 e. The molecule has 0 bridgehead atoms. The molecule has 0 amide bonds. The second kappa shape index (κ2) is 2.55. The molecule has 1 N–H and O–H groups in total. The van der Waals surface area contributed by atoms with Gasteiger partial charge in [0, 0.05) is 12.1 Å². The molecule has 78 valence electrons. The van der Waals surface area contributed by atoms with Gasteiger partial charge in [0.05, 0.1) is 0 Å². The number of hydrogen-bond donors (Lipinski definition) is 1. The fraction of sp³-hybridized carbons (Fsp3) is 1.00. The maximum atomic E-state index is 3.98. The lowest BCUT2D eigenvalue weighted by Crippen LogP contribution is -2.33. The molecule has 4 aliphatic rings. The quantitative estimate of drug-likeness (QED) is 0.707. The first-order valence-corrected chi connectivity index (χ1v) is 6.63. The summed E-state index contributed by atoms with van der Waals surface area (Å²) in [5, 5.41) is 3.98. The predicted octanol–water partition coefficient (Wildman–Crippen LogP) is 2.71. The van der Waals surface area contributed by atoms with Crippen LogP contribution < -0.4 is 5.32 Å². The standard InChI is InChI=1S/C13H21N/c1-2-6-13(5-1)8-12(13)14-11-4-3-9-7-10(9)11/h9-12,14H,1-8H2/t9-,10+,11?,12?/m1/s1. The minimum atomic E-state index is 0.812. The highest BCUT2D eigenvalue weighted by Crippen LogP contribution is 2.59. The summed E-state index contributed by atoms with van der Waals surface area (Å²) in [6, 6.07) is 1.87. The van der Waals surface area contributed by atoms with Gasteiger partial charge in [-0.05, 0) is 55.8 Å². The van der Waals surface area contributed by atoms with Crippen molar-refractivity contribution in [2.45, 2.75) is 63.5 Å². The molecule has 4 atom stereocenters. The van der Waals surface area contributed by atoms with E-state index in [4.69, 9.17) is 0 Å². The number of nitrogens with one attached hydrogen (secondary N) is 1.